The fourth-order valence-corrected chi connectivity index (χ4v) is 2.44. The van der Waals surface area contributed by atoms with E-state index in [1.807, 2.05) is 0 Å². The van der Waals surface area contributed by atoms with Crippen molar-refractivity contribution in [3.63, 3.8) is 0 Å². The Bertz CT molecular complexity index is 319. The normalized spacial score (nSPS) is 22.9. The second-order valence-electron chi connectivity index (χ2n) is 4.80. The van der Waals surface area contributed by atoms with Crippen LogP contribution in [0.25, 0.3) is 0 Å². The molecule has 1 aromatic rings. The van der Waals surface area contributed by atoms with Gasteiger partial charge in [0.2, 0.25) is 0 Å². The Labute approximate surface area is 93.1 Å². The van der Waals surface area contributed by atoms with E-state index >= 15 is 0 Å². The molecule has 0 spiro atoms. The van der Waals surface area contributed by atoms with Gasteiger partial charge in [0.15, 0.2) is 0 Å². The topological polar surface area (TPSA) is 3.24 Å². The van der Waals surface area contributed by atoms with Gasteiger partial charge in [0.25, 0.3) is 0 Å². The minimum atomic E-state index is 0.763. The summed E-state index contributed by atoms with van der Waals surface area (Å²) in [4.78, 5) is 2.61. The molecule has 1 aromatic carbocycles. The van der Waals surface area contributed by atoms with Crippen molar-refractivity contribution in [1.82, 2.24) is 4.90 Å². The largest absolute Gasteiger partial charge is 0.296 e. The molecule has 1 aliphatic rings. The Morgan fingerprint density at radius 2 is 2.20 bits per heavy atom. The molecule has 0 saturated carbocycles. The average molecular weight is 203 g/mol. The molecule has 1 fully saturated rings. The standard InChI is InChI=1S/C14H21N/c1-12-6-5-8-14(10-12)11-15-9-4-3-7-13(15)2/h5-6,8,10,13H,3-4,7,9,11H2,1-2H3. The van der Waals surface area contributed by atoms with Crippen molar-refractivity contribution in [3.8, 4) is 0 Å². The van der Waals surface area contributed by atoms with Crippen LogP contribution in [0.2, 0.25) is 0 Å². The van der Waals surface area contributed by atoms with Gasteiger partial charge in [-0.15, -0.1) is 0 Å². The van der Waals surface area contributed by atoms with Crippen LogP contribution in [0.3, 0.4) is 0 Å². The number of likely N-dealkylation sites (tertiary alicyclic amines) is 1. The lowest BCUT2D eigenvalue weighted by Gasteiger charge is -2.33. The molecule has 15 heavy (non-hydrogen) atoms. The minimum absolute atomic E-state index is 0.763. The molecule has 1 heteroatoms. The van der Waals surface area contributed by atoms with Crippen LogP contribution in [0.4, 0.5) is 0 Å². The first-order chi connectivity index (χ1) is 7.25. The predicted molar refractivity (Wildman–Crippen MR) is 64.9 cm³/mol. The molecule has 1 atom stereocenters. The number of benzene rings is 1. The predicted octanol–water partition coefficient (Wildman–Crippen LogP) is 3.37. The van der Waals surface area contributed by atoms with E-state index in [0.29, 0.717) is 0 Å². The zero-order chi connectivity index (χ0) is 10.7. The van der Waals surface area contributed by atoms with Crippen molar-refractivity contribution in [2.75, 3.05) is 6.54 Å². The van der Waals surface area contributed by atoms with Gasteiger partial charge in [-0.1, -0.05) is 36.2 Å². The molecule has 1 unspecified atom stereocenters. The molecule has 0 radical (unpaired) electrons. The smallest absolute Gasteiger partial charge is 0.0236 e. The Kier molecular flexibility index (Phi) is 3.42. The van der Waals surface area contributed by atoms with Gasteiger partial charge >= 0.3 is 0 Å². The van der Waals surface area contributed by atoms with Crippen LogP contribution >= 0.6 is 0 Å². The summed E-state index contributed by atoms with van der Waals surface area (Å²) in [6.07, 6.45) is 4.15. The first-order valence-corrected chi connectivity index (χ1v) is 6.05. The minimum Gasteiger partial charge on any atom is -0.296 e. The number of hydrogen-bond donors (Lipinski definition) is 0. The SMILES string of the molecule is Cc1cccc(CN2CCCCC2C)c1. The highest BCUT2D eigenvalue weighted by Crippen LogP contribution is 2.19. The van der Waals surface area contributed by atoms with Crippen LogP contribution in [0.15, 0.2) is 24.3 Å². The van der Waals surface area contributed by atoms with Gasteiger partial charge in [-0.3, -0.25) is 4.90 Å². The van der Waals surface area contributed by atoms with Crippen LogP contribution in [-0.2, 0) is 6.54 Å². The van der Waals surface area contributed by atoms with Crippen molar-refractivity contribution in [1.29, 1.82) is 0 Å². The third kappa shape index (κ3) is 2.82. The monoisotopic (exact) mass is 203 g/mol. The van der Waals surface area contributed by atoms with Crippen LogP contribution in [0, 0.1) is 6.92 Å². The molecule has 0 bridgehead atoms. The molecule has 0 aromatic heterocycles. The van der Waals surface area contributed by atoms with Crippen molar-refractivity contribution in [2.45, 2.75) is 45.7 Å². The first-order valence-electron chi connectivity index (χ1n) is 6.05. The van der Waals surface area contributed by atoms with Gasteiger partial charge in [-0.05, 0) is 38.8 Å². The first kappa shape index (κ1) is 10.7. The molecular weight excluding hydrogens is 182 g/mol. The molecular formula is C14H21N. The maximum absolute atomic E-state index is 2.61. The summed E-state index contributed by atoms with van der Waals surface area (Å²) >= 11 is 0. The zero-order valence-electron chi connectivity index (χ0n) is 9.87. The second kappa shape index (κ2) is 4.80. The molecule has 1 aliphatic heterocycles. The molecule has 1 saturated heterocycles. The van der Waals surface area contributed by atoms with Crippen molar-refractivity contribution >= 4 is 0 Å². The maximum Gasteiger partial charge on any atom is 0.0236 e. The van der Waals surface area contributed by atoms with E-state index in [1.165, 1.54) is 36.9 Å². The van der Waals surface area contributed by atoms with Crippen LogP contribution < -0.4 is 0 Å². The highest BCUT2D eigenvalue weighted by Gasteiger charge is 2.17. The van der Waals surface area contributed by atoms with E-state index in [1.54, 1.807) is 0 Å². The zero-order valence-corrected chi connectivity index (χ0v) is 9.87. The van der Waals surface area contributed by atoms with Gasteiger partial charge in [-0.2, -0.15) is 0 Å². The van der Waals surface area contributed by atoms with Crippen molar-refractivity contribution < 1.29 is 0 Å². The van der Waals surface area contributed by atoms with Gasteiger partial charge in [0.1, 0.15) is 0 Å². The van der Waals surface area contributed by atoms with E-state index in [9.17, 15) is 0 Å². The molecule has 0 aliphatic carbocycles. The highest BCUT2D eigenvalue weighted by molar-refractivity contribution is 5.22. The van der Waals surface area contributed by atoms with Crippen molar-refractivity contribution in [2.24, 2.45) is 0 Å². The fourth-order valence-electron chi connectivity index (χ4n) is 2.44. The Hall–Kier alpha value is -0.820. The van der Waals surface area contributed by atoms with Crippen LogP contribution in [0.5, 0.6) is 0 Å². The lowest BCUT2D eigenvalue weighted by atomic mass is 10.0. The molecule has 1 heterocycles. The van der Waals surface area contributed by atoms with Gasteiger partial charge in [0.05, 0.1) is 0 Å². The van der Waals surface area contributed by atoms with E-state index in [2.05, 4.69) is 43.0 Å². The average Bonchev–Trinajstić information content (AvgIpc) is 2.22. The molecule has 0 amide bonds. The number of piperidine rings is 1. The Morgan fingerprint density at radius 1 is 1.33 bits per heavy atom. The quantitative estimate of drug-likeness (QED) is 0.712. The van der Waals surface area contributed by atoms with E-state index in [4.69, 9.17) is 0 Å². The van der Waals surface area contributed by atoms with E-state index in [0.717, 1.165) is 12.6 Å². The fraction of sp³-hybridized carbons (Fsp3) is 0.571. The lowest BCUT2D eigenvalue weighted by Crippen LogP contribution is -2.36. The summed E-state index contributed by atoms with van der Waals surface area (Å²) in [6.45, 7) is 6.93. The molecule has 1 nitrogen and oxygen atoms in total. The van der Waals surface area contributed by atoms with Crippen LogP contribution in [-0.4, -0.2) is 17.5 Å². The summed E-state index contributed by atoms with van der Waals surface area (Å²) in [6, 6.07) is 9.65. The summed E-state index contributed by atoms with van der Waals surface area (Å²) in [5.74, 6) is 0. The third-order valence-corrected chi connectivity index (χ3v) is 3.41. The molecule has 2 rings (SSSR count). The van der Waals surface area contributed by atoms with E-state index in [-0.39, 0.29) is 0 Å². The number of rotatable bonds is 2. The summed E-state index contributed by atoms with van der Waals surface area (Å²) in [5.41, 5.74) is 2.83. The number of hydrogen-bond acceptors (Lipinski definition) is 1. The van der Waals surface area contributed by atoms with Crippen molar-refractivity contribution in [3.05, 3.63) is 35.4 Å². The lowest BCUT2D eigenvalue weighted by molar-refractivity contribution is 0.152. The van der Waals surface area contributed by atoms with Gasteiger partial charge in [-0.25, -0.2) is 0 Å². The van der Waals surface area contributed by atoms with Gasteiger partial charge < -0.3 is 0 Å². The number of aryl methyl sites for hydroxylation is 1. The number of nitrogens with zero attached hydrogens (tertiary/aromatic N) is 1. The third-order valence-electron chi connectivity index (χ3n) is 3.41. The van der Waals surface area contributed by atoms with Gasteiger partial charge in [0, 0.05) is 12.6 Å². The second-order valence-corrected chi connectivity index (χ2v) is 4.80. The summed E-state index contributed by atoms with van der Waals surface area (Å²) in [5, 5.41) is 0. The van der Waals surface area contributed by atoms with E-state index < -0.39 is 0 Å². The molecule has 0 N–H and O–H groups in total. The highest BCUT2D eigenvalue weighted by atomic mass is 15.2. The maximum atomic E-state index is 2.61. The summed E-state index contributed by atoms with van der Waals surface area (Å²) in [7, 11) is 0. The van der Waals surface area contributed by atoms with Crippen LogP contribution in [0.1, 0.15) is 37.3 Å². The summed E-state index contributed by atoms with van der Waals surface area (Å²) < 4.78 is 0. The molecule has 82 valence electrons. The Morgan fingerprint density at radius 3 is 2.93 bits per heavy atom. The Balaban J connectivity index is 2.01.